The van der Waals surface area contributed by atoms with Crippen molar-refractivity contribution in [2.45, 2.75) is 190 Å². The number of aromatic nitrogens is 4. The van der Waals surface area contributed by atoms with Gasteiger partial charge in [-0.3, -0.25) is 57.5 Å². The predicted molar refractivity (Wildman–Crippen MR) is 527 cm³/mol. The Bertz CT molecular complexity index is 4050. The number of aromatic amines is 1. The van der Waals surface area contributed by atoms with Crippen molar-refractivity contribution in [3.05, 3.63) is 83.3 Å². The molecule has 2 unspecified atom stereocenters. The van der Waals surface area contributed by atoms with E-state index < -0.39 is 41.4 Å². The number of fused-ring (bicyclic) bond motifs is 1. The minimum Gasteiger partial charge on any atom is -0.481 e. The van der Waals surface area contributed by atoms with Gasteiger partial charge in [0.1, 0.15) is 23.3 Å². The molecule has 39 nitrogen and oxygen atoms in total. The van der Waals surface area contributed by atoms with Crippen LogP contribution in [0.15, 0.2) is 71.9 Å². The molecule has 135 heavy (non-hydrogen) atoms. The number of likely N-dealkylation sites (N-methyl/N-ethyl adjacent to an activating group) is 2. The van der Waals surface area contributed by atoms with Gasteiger partial charge in [-0.25, -0.2) is 9.78 Å². The molecule has 11 fully saturated rings. The summed E-state index contributed by atoms with van der Waals surface area (Å²) in [6, 6.07) is 16.5. The van der Waals surface area contributed by atoms with Gasteiger partial charge >= 0.3 is 41.5 Å². The summed E-state index contributed by atoms with van der Waals surface area (Å²) in [5.74, 6) is -3.27. The number of imidazole rings is 2. The average Bonchev–Trinajstić information content (AvgIpc) is 1.65. The Morgan fingerprint density at radius 3 is 1.47 bits per heavy atom. The number of nitrogens with zero attached hydrogens (tertiary/aromatic N) is 14. The molecule has 1 spiro atoms. The quantitative estimate of drug-likeness (QED) is 0.0507. The number of piperidine rings is 7. The first-order valence-electron chi connectivity index (χ1n) is 48.9. The predicted octanol–water partition coefficient (Wildman–Crippen LogP) is 3.06. The summed E-state index contributed by atoms with van der Waals surface area (Å²) in [6.45, 7) is 27.3. The first-order valence-corrected chi connectivity index (χ1v) is 48.9. The van der Waals surface area contributed by atoms with Gasteiger partial charge in [-0.2, -0.15) is 0 Å². The number of amides is 3. The number of aliphatic carboxylic acids is 6. The van der Waals surface area contributed by atoms with Crippen LogP contribution in [-0.4, -0.2) is 434 Å². The number of H-pyrrole nitrogens is 1. The number of piperazine rings is 2. The number of likely N-dealkylation sites (tertiary alicyclic amines) is 8. The lowest BCUT2D eigenvalue weighted by molar-refractivity contribution is -0.145. The third-order valence-electron chi connectivity index (χ3n) is 27.4. The summed E-state index contributed by atoms with van der Waals surface area (Å²) in [6.07, 6.45) is 26.7. The van der Waals surface area contributed by atoms with Gasteiger partial charge in [-0.15, -0.1) is 0 Å². The number of carboxylic acid groups (broad SMARTS) is 6. The van der Waals surface area contributed by atoms with Crippen LogP contribution in [0.1, 0.15) is 160 Å². The fourth-order valence-corrected chi connectivity index (χ4v) is 17.9. The van der Waals surface area contributed by atoms with Crippen molar-refractivity contribution in [3.8, 4) is 11.3 Å². The van der Waals surface area contributed by atoms with Crippen LogP contribution in [0.5, 0.6) is 0 Å². The first-order chi connectivity index (χ1) is 64.3. The molecule has 0 radical (unpaired) electrons. The van der Waals surface area contributed by atoms with Crippen LogP contribution in [0.25, 0.3) is 16.9 Å². The maximum Gasteiger partial charge on any atom is 0.326 e. The number of rotatable bonds is 23. The highest BCUT2D eigenvalue weighted by atomic mass is 16.4. The summed E-state index contributed by atoms with van der Waals surface area (Å²) in [5, 5.41) is 66.6. The number of benzene rings is 1. The molecule has 15 rings (SSSR count). The van der Waals surface area contributed by atoms with E-state index in [9.17, 15) is 47.9 Å². The second-order valence-corrected chi connectivity index (χ2v) is 38.5. The van der Waals surface area contributed by atoms with Crippen LogP contribution in [0.4, 0.5) is 0 Å². The first kappa shape index (κ1) is 117. The Labute approximate surface area is 801 Å². The number of nitrogens with two attached hydrogens (primary N) is 3. The number of unbranched alkanes of at least 4 members (excludes halogenated alkanes) is 1. The second-order valence-electron chi connectivity index (χ2n) is 38.5. The molecule has 18 N–H and O–H groups in total. The van der Waals surface area contributed by atoms with Crippen molar-refractivity contribution in [2.75, 3.05) is 248 Å². The highest BCUT2D eigenvalue weighted by molar-refractivity contribution is 5.85. The van der Waals surface area contributed by atoms with Crippen LogP contribution in [0.3, 0.4) is 0 Å². The second kappa shape index (κ2) is 63.2. The third-order valence-corrected chi connectivity index (χ3v) is 27.4. The highest BCUT2D eigenvalue weighted by Gasteiger charge is 2.46. The fraction of sp³-hybridized carbons (Fsp3) is 0.740. The average molecular weight is 1900 g/mol. The van der Waals surface area contributed by atoms with E-state index in [0.29, 0.717) is 81.7 Å². The molecule has 0 bridgehead atoms. The standard InChI is InChI=1S/C15H19N3O.C10H21N3O.C10H18N2O.C10H19NO2.C9H11N3.C8H17N3O.C8H15NO2.C7H14N2O2.C7H13NO2.2C6H12N2O2/c1-17-9-7-13(8-10-17)18-11-14(16-15(18)19)12-5-3-2-4-6-12;1-2-3-4-12-5-7-13(8-6-12)9-10(11)14;1-11-6-3-10(4-7-11)5-8-12(2)9(10)13;1-11-7-5-9(6-8-11)3-2-4-10(12)13;1-10-6-8-7-12-5-3-2-4-9(12)11-8;1-10-7-2-4-11(5-3-7)6-8(9)12;1-9-4-2-7(3-5-9)6-8(10)11;1-9-4-2-7(8,3-5-9)6(10)11;1-8-4-2-6(3-5-8)7(9)10;1-7-4-2-5(6(9)10)8-3-4;1-8-3-2-7-5(4-8)6(9)10/h2-6,11,13H,7-10H2,1H3,(H,16,19);2-9H2,1H3,(H2,11,14);3-8H2,1-2H3;9H,2-8H2,1H3,(H,12,13);2-5,7,10H,6H2,1H3;7,10H,2-6H2,1H3,(H2,9,12);7H,2-6H2,1H3,(H,10,11);2-5,8H2,1H3,(H,10,11);6H,2-5H2,1H3,(H,9,10);4-5,7-8H,2-3H2,1H3,(H,9,10);5,7H,2-4H2,1H3,(H,9,10)/t;;;;;;;;;4?,5-;/m.........0./s1. The molecule has 11 aliphatic heterocycles. The van der Waals surface area contributed by atoms with E-state index in [-0.39, 0.29) is 40.9 Å². The van der Waals surface area contributed by atoms with Gasteiger partial charge < -0.3 is 128 Å². The molecule has 39 heteroatoms. The van der Waals surface area contributed by atoms with Crippen molar-refractivity contribution in [1.29, 1.82) is 0 Å². The summed E-state index contributed by atoms with van der Waals surface area (Å²) in [4.78, 5) is 139. The maximum atomic E-state index is 12.1. The topological polar surface area (TPSA) is 504 Å². The Kier molecular flexibility index (Phi) is 54.7. The molecule has 0 saturated carbocycles. The van der Waals surface area contributed by atoms with Crippen LogP contribution < -0.4 is 49.5 Å². The SMILES string of the molecule is CCCCN1CCN(CC(N)=O)CC1.CN1CCC(C(=O)O)CC1.CN1CCC(CC(=O)O)CC1.CN1CCC(CCCC(=O)O)CC1.CN1CCC(N)(C(=O)O)CC1.CN1CCC(n2cc(-c3ccccc3)[nH]c2=O)CC1.CN1CCC2(CC1)CCN(C)C2=O.CN1CCNC(C(=O)O)C1.CNC1CCN(CC(N)=O)CC1.CNC1CN[C@H](C(=O)O)C1.CNCc1cn2ccccc2n1. The summed E-state index contributed by atoms with van der Waals surface area (Å²) >= 11 is 0. The van der Waals surface area contributed by atoms with E-state index in [1.807, 2.05) is 135 Å². The molecule has 11 saturated heterocycles. The number of carbonyl (C=O) groups is 9. The lowest BCUT2D eigenvalue weighted by Gasteiger charge is -2.35. The number of primary amides is 2. The molecule has 3 atom stereocenters. The maximum absolute atomic E-state index is 12.1. The van der Waals surface area contributed by atoms with E-state index in [0.717, 1.165) is 249 Å². The third kappa shape index (κ3) is 45.8. The van der Waals surface area contributed by atoms with E-state index in [4.69, 9.17) is 47.8 Å². The zero-order valence-electron chi connectivity index (χ0n) is 83.4. The van der Waals surface area contributed by atoms with Crippen LogP contribution in [0.2, 0.25) is 0 Å². The van der Waals surface area contributed by atoms with E-state index in [2.05, 4.69) is 116 Å². The van der Waals surface area contributed by atoms with Crippen molar-refractivity contribution >= 4 is 59.2 Å². The lowest BCUT2D eigenvalue weighted by Crippen LogP contribution is -2.54. The van der Waals surface area contributed by atoms with Crippen LogP contribution in [0, 0.1) is 23.2 Å². The minimum absolute atomic E-state index is 0.00778. The van der Waals surface area contributed by atoms with Crippen molar-refractivity contribution in [1.82, 2.24) is 99.4 Å². The molecule has 11 aliphatic rings. The van der Waals surface area contributed by atoms with Gasteiger partial charge in [-0.1, -0.05) is 49.7 Å². The molecule has 766 valence electrons. The number of nitrogens with one attached hydrogen (secondary N) is 6. The smallest absolute Gasteiger partial charge is 0.326 e. The number of hydrogen-bond acceptors (Lipinski definition) is 27. The molecule has 1 aromatic carbocycles. The lowest BCUT2D eigenvalue weighted by atomic mass is 9.77. The van der Waals surface area contributed by atoms with Gasteiger partial charge in [0, 0.05) is 148 Å². The Balaban J connectivity index is 0.000000264. The number of carbonyl (C=O) groups excluding carboxylic acids is 3. The number of hydrogen-bond donors (Lipinski definition) is 15. The van der Waals surface area contributed by atoms with Crippen LogP contribution in [-0.2, 0) is 49.7 Å². The fourth-order valence-electron chi connectivity index (χ4n) is 17.9. The molecular formula is C96H171N23O16. The molecule has 14 heterocycles. The van der Waals surface area contributed by atoms with Crippen LogP contribution >= 0.6 is 0 Å². The Morgan fingerprint density at radius 1 is 0.511 bits per heavy atom. The monoisotopic (exact) mass is 1900 g/mol. The van der Waals surface area contributed by atoms with Gasteiger partial charge in [0.25, 0.3) is 0 Å². The molecule has 3 aromatic heterocycles. The normalized spacial score (nSPS) is 22.1. The number of carboxylic acids is 6. The highest BCUT2D eigenvalue weighted by Crippen LogP contribution is 2.41. The van der Waals surface area contributed by atoms with Crippen molar-refractivity contribution in [3.63, 3.8) is 0 Å². The molecule has 0 aliphatic carbocycles. The van der Waals surface area contributed by atoms with Crippen molar-refractivity contribution < 1.29 is 73.8 Å². The molecular weight excluding hydrogens is 1730 g/mol. The van der Waals surface area contributed by atoms with Crippen molar-refractivity contribution in [2.24, 2.45) is 40.4 Å². The van der Waals surface area contributed by atoms with E-state index in [1.54, 1.807) is 0 Å². The Hall–Kier alpha value is -8.49. The van der Waals surface area contributed by atoms with Gasteiger partial charge in [0.2, 0.25) is 17.7 Å². The zero-order chi connectivity index (χ0) is 99.6. The van der Waals surface area contributed by atoms with Gasteiger partial charge in [0.05, 0.1) is 35.8 Å². The molecule has 3 amide bonds. The summed E-state index contributed by atoms with van der Waals surface area (Å²) < 4.78 is 3.89. The minimum atomic E-state index is -0.966. The van der Waals surface area contributed by atoms with Gasteiger partial charge in [-0.05, 0) is 294 Å². The summed E-state index contributed by atoms with van der Waals surface area (Å²) in [5.41, 5.74) is 19.0. The molecule has 4 aromatic rings. The van der Waals surface area contributed by atoms with Gasteiger partial charge in [0.15, 0.2) is 0 Å². The number of pyridine rings is 1. The van der Waals surface area contributed by atoms with E-state index >= 15 is 0 Å². The van der Waals surface area contributed by atoms with E-state index in [1.165, 1.54) is 45.3 Å². The largest absolute Gasteiger partial charge is 0.481 e. The zero-order valence-corrected chi connectivity index (χ0v) is 83.4. The Morgan fingerprint density at radius 2 is 1.01 bits per heavy atom. The summed E-state index contributed by atoms with van der Waals surface area (Å²) in [7, 11) is 22.1.